The normalized spacial score (nSPS) is 22.3. The van der Waals surface area contributed by atoms with Crippen molar-refractivity contribution in [3.05, 3.63) is 59.7 Å². The van der Waals surface area contributed by atoms with E-state index in [4.69, 9.17) is 5.73 Å². The number of aliphatic imine (C=N–C) groups is 1. The number of thioether (sulfide) groups is 1. The number of amides is 1. The predicted octanol–water partition coefficient (Wildman–Crippen LogP) is 3.02. The van der Waals surface area contributed by atoms with E-state index >= 15 is 0 Å². The highest BCUT2D eigenvalue weighted by atomic mass is 32.2. The molecule has 2 aliphatic heterocycles. The van der Waals surface area contributed by atoms with Gasteiger partial charge < -0.3 is 20.6 Å². The maximum atomic E-state index is 13.1. The first-order chi connectivity index (χ1) is 14.0. The van der Waals surface area contributed by atoms with Crippen molar-refractivity contribution in [1.82, 2.24) is 4.90 Å². The summed E-state index contributed by atoms with van der Waals surface area (Å²) < 4.78 is 0. The number of para-hydroxylation sites is 2. The van der Waals surface area contributed by atoms with Crippen LogP contribution in [-0.4, -0.2) is 53.0 Å². The summed E-state index contributed by atoms with van der Waals surface area (Å²) in [4.78, 5) is 21.8. The molecule has 1 fully saturated rings. The zero-order chi connectivity index (χ0) is 20.4. The average Bonchev–Trinajstić information content (AvgIpc) is 2.74. The van der Waals surface area contributed by atoms with Gasteiger partial charge in [0, 0.05) is 37.5 Å². The van der Waals surface area contributed by atoms with Gasteiger partial charge >= 0.3 is 0 Å². The Kier molecular flexibility index (Phi) is 5.41. The second-order valence-electron chi connectivity index (χ2n) is 7.67. The van der Waals surface area contributed by atoms with Crippen molar-refractivity contribution in [2.45, 2.75) is 18.9 Å². The van der Waals surface area contributed by atoms with Gasteiger partial charge in [0.05, 0.1) is 11.2 Å². The van der Waals surface area contributed by atoms with Crippen LogP contribution in [0.3, 0.4) is 0 Å². The number of nitrogens with zero attached hydrogens (tertiary/aromatic N) is 3. The monoisotopic (exact) mass is 410 g/mol. The zero-order valence-electron chi connectivity index (χ0n) is 16.5. The largest absolute Gasteiger partial charge is 0.506 e. The predicted molar refractivity (Wildman–Crippen MR) is 119 cm³/mol. The summed E-state index contributed by atoms with van der Waals surface area (Å²) in [7, 11) is 0. The second kappa shape index (κ2) is 7.99. The minimum absolute atomic E-state index is 0.0366. The van der Waals surface area contributed by atoms with E-state index < -0.39 is 0 Å². The lowest BCUT2D eigenvalue weighted by Crippen LogP contribution is -2.48. The number of rotatable bonds is 3. The number of nitrogens with two attached hydrogens (primary N) is 1. The highest BCUT2D eigenvalue weighted by Gasteiger charge is 2.30. The molecule has 2 aromatic carbocycles. The fourth-order valence-corrected chi connectivity index (χ4v) is 4.92. The average molecular weight is 411 g/mol. The van der Waals surface area contributed by atoms with Gasteiger partial charge in [0.25, 0.3) is 5.91 Å². The van der Waals surface area contributed by atoms with Crippen LogP contribution >= 0.6 is 11.8 Å². The molecular formula is C22H26N4O2S. The quantitative estimate of drug-likeness (QED) is 0.813. The number of phenols is 1. The molecule has 0 radical (unpaired) electrons. The summed E-state index contributed by atoms with van der Waals surface area (Å²) in [6.07, 6.45) is 0.898. The van der Waals surface area contributed by atoms with Crippen LogP contribution in [0.4, 0.5) is 5.69 Å². The molecule has 2 heterocycles. The summed E-state index contributed by atoms with van der Waals surface area (Å²) in [5, 5.41) is 10.7. The molecule has 3 N–H and O–H groups in total. The van der Waals surface area contributed by atoms with Crippen LogP contribution in [0.5, 0.6) is 5.75 Å². The van der Waals surface area contributed by atoms with Crippen molar-refractivity contribution < 1.29 is 9.90 Å². The Bertz CT molecular complexity index is 940. The molecule has 1 atom stereocenters. The van der Waals surface area contributed by atoms with Crippen LogP contribution in [0, 0.1) is 0 Å². The Labute approximate surface area is 175 Å². The minimum Gasteiger partial charge on any atom is -0.506 e. The molecule has 0 spiro atoms. The highest BCUT2D eigenvalue weighted by molar-refractivity contribution is 8.13. The molecule has 29 heavy (non-hydrogen) atoms. The number of carbonyl (C=O) groups is 1. The van der Waals surface area contributed by atoms with Gasteiger partial charge in [-0.25, -0.2) is 0 Å². The van der Waals surface area contributed by atoms with Crippen molar-refractivity contribution in [1.29, 1.82) is 0 Å². The molecule has 0 aromatic heterocycles. The van der Waals surface area contributed by atoms with Crippen molar-refractivity contribution in [2.24, 2.45) is 10.7 Å². The molecule has 7 heteroatoms. The van der Waals surface area contributed by atoms with E-state index in [2.05, 4.69) is 16.8 Å². The third-order valence-electron chi connectivity index (χ3n) is 5.72. The van der Waals surface area contributed by atoms with E-state index in [-0.39, 0.29) is 17.2 Å². The first-order valence-electron chi connectivity index (χ1n) is 9.87. The van der Waals surface area contributed by atoms with Crippen LogP contribution in [0.25, 0.3) is 0 Å². The number of hydrogen-bond donors (Lipinski definition) is 2. The molecule has 152 valence electrons. The first-order valence-corrected chi connectivity index (χ1v) is 10.9. The fraction of sp³-hybridized carbons (Fsp3) is 0.364. The van der Waals surface area contributed by atoms with Gasteiger partial charge in [-0.3, -0.25) is 9.79 Å². The zero-order valence-corrected chi connectivity index (χ0v) is 17.4. The maximum Gasteiger partial charge on any atom is 0.253 e. The number of benzene rings is 2. The van der Waals surface area contributed by atoms with E-state index in [9.17, 15) is 9.90 Å². The van der Waals surface area contributed by atoms with E-state index in [1.54, 1.807) is 17.8 Å². The Balaban J connectivity index is 1.47. The smallest absolute Gasteiger partial charge is 0.253 e. The molecule has 1 amide bonds. The number of carbonyl (C=O) groups excluding carboxylic acids is 1. The first kappa shape index (κ1) is 19.6. The molecule has 0 bridgehead atoms. The molecule has 1 saturated heterocycles. The van der Waals surface area contributed by atoms with Gasteiger partial charge in [-0.05, 0) is 43.2 Å². The molecule has 0 saturated carbocycles. The Hall–Kier alpha value is -2.67. The maximum absolute atomic E-state index is 13.1. The number of anilines is 1. The van der Waals surface area contributed by atoms with Crippen LogP contribution in [0.15, 0.2) is 53.5 Å². The molecule has 6 nitrogen and oxygen atoms in total. The van der Waals surface area contributed by atoms with E-state index in [1.165, 1.54) is 0 Å². The van der Waals surface area contributed by atoms with Gasteiger partial charge in [0.2, 0.25) is 0 Å². The summed E-state index contributed by atoms with van der Waals surface area (Å²) in [6, 6.07) is 15.1. The molecule has 4 rings (SSSR count). The lowest BCUT2D eigenvalue weighted by atomic mass is 9.88. The van der Waals surface area contributed by atoms with Crippen LogP contribution < -0.4 is 10.6 Å². The van der Waals surface area contributed by atoms with Gasteiger partial charge in [-0.1, -0.05) is 36.0 Å². The summed E-state index contributed by atoms with van der Waals surface area (Å²) >= 11 is 1.58. The third kappa shape index (κ3) is 4.05. The standard InChI is InChI=1S/C22H26N4O2S/c1-22(9-14-29-21(23)24-22)17-6-4-5-16(15-17)20(28)26-12-10-25(11-13-26)18-7-2-3-8-19(18)27/h2-8,15,27H,9-14H2,1H3,(H2,23,24). The Morgan fingerprint density at radius 3 is 2.62 bits per heavy atom. The van der Waals surface area contributed by atoms with Crippen LogP contribution in [0.2, 0.25) is 0 Å². The summed E-state index contributed by atoms with van der Waals surface area (Å²) in [5.41, 5.74) is 8.10. The SMILES string of the molecule is CC1(c2cccc(C(=O)N3CCN(c4ccccc4O)CC3)c2)CCSC(N)=N1. The Morgan fingerprint density at radius 2 is 1.90 bits per heavy atom. The lowest BCUT2D eigenvalue weighted by molar-refractivity contribution is 0.0746. The van der Waals surface area contributed by atoms with Gasteiger partial charge in [-0.15, -0.1) is 0 Å². The summed E-state index contributed by atoms with van der Waals surface area (Å²) in [6.45, 7) is 4.71. The van der Waals surface area contributed by atoms with E-state index in [0.29, 0.717) is 36.9 Å². The second-order valence-corrected chi connectivity index (χ2v) is 8.79. The fourth-order valence-electron chi connectivity index (χ4n) is 3.95. The third-order valence-corrected chi connectivity index (χ3v) is 6.51. The molecule has 1 unspecified atom stereocenters. The van der Waals surface area contributed by atoms with E-state index in [0.717, 1.165) is 23.4 Å². The van der Waals surface area contributed by atoms with Crippen molar-refractivity contribution in [3.8, 4) is 5.75 Å². The van der Waals surface area contributed by atoms with Gasteiger partial charge in [0.1, 0.15) is 5.75 Å². The molecular weight excluding hydrogens is 384 g/mol. The lowest BCUT2D eigenvalue weighted by Gasteiger charge is -2.36. The van der Waals surface area contributed by atoms with Gasteiger partial charge in [0.15, 0.2) is 5.17 Å². The molecule has 2 aromatic rings. The molecule has 2 aliphatic rings. The minimum atomic E-state index is -0.380. The number of aromatic hydroxyl groups is 1. The van der Waals surface area contributed by atoms with Crippen molar-refractivity contribution in [3.63, 3.8) is 0 Å². The van der Waals surface area contributed by atoms with Gasteiger partial charge in [-0.2, -0.15) is 0 Å². The van der Waals surface area contributed by atoms with E-state index in [1.807, 2.05) is 47.4 Å². The van der Waals surface area contributed by atoms with Crippen molar-refractivity contribution in [2.75, 3.05) is 36.8 Å². The van der Waals surface area contributed by atoms with Crippen LogP contribution in [-0.2, 0) is 5.54 Å². The highest BCUT2D eigenvalue weighted by Crippen LogP contribution is 2.35. The number of hydrogen-bond acceptors (Lipinski definition) is 6. The van der Waals surface area contributed by atoms with Crippen LogP contribution in [0.1, 0.15) is 29.3 Å². The van der Waals surface area contributed by atoms with Crippen molar-refractivity contribution >= 4 is 28.5 Å². The summed E-state index contributed by atoms with van der Waals surface area (Å²) in [5.74, 6) is 1.24. The number of piperazine rings is 1. The molecule has 0 aliphatic carbocycles. The number of phenolic OH excluding ortho intramolecular Hbond substituents is 1. The topological polar surface area (TPSA) is 82.2 Å². The Morgan fingerprint density at radius 1 is 1.14 bits per heavy atom. The number of amidine groups is 1.